The molecule has 4 nitrogen and oxygen atoms in total. The Bertz CT molecular complexity index is 995. The molecule has 1 aliphatic heterocycles. The summed E-state index contributed by atoms with van der Waals surface area (Å²) in [5.74, 6) is -0.210. The smallest absolute Gasteiger partial charge is 0.371 e. The standard InChI is InChI=1S/C24H25F3N2O2/c1-15(30)19-8-9-21-20(19)6-3-7-22(21)28-23(31)16-10-12-29(13-11-16)18-5-2-4-17(14-18)24(25,26)27/h2-7,14,16,19H,8-13H2,1H3,(H,28,31). The highest BCUT2D eigenvalue weighted by Crippen LogP contribution is 2.38. The molecule has 1 amide bonds. The minimum Gasteiger partial charge on any atom is -0.371 e. The topological polar surface area (TPSA) is 49.4 Å². The largest absolute Gasteiger partial charge is 0.416 e. The van der Waals surface area contributed by atoms with Gasteiger partial charge in [0.15, 0.2) is 0 Å². The van der Waals surface area contributed by atoms with Crippen molar-refractivity contribution >= 4 is 23.1 Å². The molecule has 1 N–H and O–H groups in total. The first-order valence-electron chi connectivity index (χ1n) is 10.6. The molecule has 0 spiro atoms. The van der Waals surface area contributed by atoms with Crippen molar-refractivity contribution in [1.82, 2.24) is 0 Å². The van der Waals surface area contributed by atoms with Crippen LogP contribution in [0.5, 0.6) is 0 Å². The van der Waals surface area contributed by atoms with Gasteiger partial charge in [0, 0.05) is 36.3 Å². The fourth-order valence-corrected chi connectivity index (χ4v) is 4.71. The number of piperidine rings is 1. The third-order valence-corrected chi connectivity index (χ3v) is 6.42. The third kappa shape index (κ3) is 4.45. The molecule has 0 bridgehead atoms. The first-order valence-corrected chi connectivity index (χ1v) is 10.6. The number of anilines is 2. The van der Waals surface area contributed by atoms with Crippen molar-refractivity contribution < 1.29 is 22.8 Å². The van der Waals surface area contributed by atoms with Crippen LogP contribution in [-0.4, -0.2) is 24.8 Å². The zero-order chi connectivity index (χ0) is 22.2. The number of ketones is 1. The summed E-state index contributed by atoms with van der Waals surface area (Å²) < 4.78 is 38.9. The minimum atomic E-state index is -4.37. The van der Waals surface area contributed by atoms with Crippen LogP contribution >= 0.6 is 0 Å². The van der Waals surface area contributed by atoms with Crippen LogP contribution in [0.25, 0.3) is 0 Å². The van der Waals surface area contributed by atoms with E-state index in [1.165, 1.54) is 12.1 Å². The Morgan fingerprint density at radius 3 is 2.42 bits per heavy atom. The lowest BCUT2D eigenvalue weighted by molar-refractivity contribution is -0.137. The quantitative estimate of drug-likeness (QED) is 0.727. The van der Waals surface area contributed by atoms with Crippen molar-refractivity contribution in [2.45, 2.75) is 44.7 Å². The zero-order valence-electron chi connectivity index (χ0n) is 17.3. The molecule has 1 heterocycles. The lowest BCUT2D eigenvalue weighted by Crippen LogP contribution is -2.38. The summed E-state index contributed by atoms with van der Waals surface area (Å²) >= 11 is 0. The van der Waals surface area contributed by atoms with Crippen LogP contribution in [0.1, 0.15) is 48.8 Å². The van der Waals surface area contributed by atoms with Gasteiger partial charge in [0.2, 0.25) is 5.91 Å². The maximum Gasteiger partial charge on any atom is 0.416 e. The molecule has 0 aromatic heterocycles. The Hall–Kier alpha value is -2.83. The number of Topliss-reactive ketones (excluding diaryl/α,β-unsaturated/α-hetero) is 1. The van der Waals surface area contributed by atoms with Crippen molar-refractivity contribution in [3.8, 4) is 0 Å². The van der Waals surface area contributed by atoms with E-state index in [0.717, 1.165) is 35.7 Å². The van der Waals surface area contributed by atoms with Gasteiger partial charge in [-0.25, -0.2) is 0 Å². The number of benzene rings is 2. The fourth-order valence-electron chi connectivity index (χ4n) is 4.71. The first kappa shape index (κ1) is 21.4. The van der Waals surface area contributed by atoms with Crippen molar-refractivity contribution in [3.63, 3.8) is 0 Å². The molecule has 4 rings (SSSR count). The second kappa shape index (κ2) is 8.36. The van der Waals surface area contributed by atoms with Crippen LogP contribution in [0.2, 0.25) is 0 Å². The predicted octanol–water partition coefficient (Wildman–Crippen LogP) is 5.18. The van der Waals surface area contributed by atoms with Crippen LogP contribution < -0.4 is 10.2 Å². The summed E-state index contributed by atoms with van der Waals surface area (Å²) in [6.07, 6.45) is -1.68. The Kier molecular flexibility index (Phi) is 5.77. The molecule has 1 atom stereocenters. The van der Waals surface area contributed by atoms with E-state index in [1.807, 2.05) is 23.1 Å². The number of nitrogens with one attached hydrogen (secondary N) is 1. The maximum absolute atomic E-state index is 13.0. The molecular formula is C24H25F3N2O2. The molecule has 0 saturated carbocycles. The van der Waals surface area contributed by atoms with Gasteiger partial charge < -0.3 is 10.2 Å². The normalized spacial score (nSPS) is 19.2. The zero-order valence-corrected chi connectivity index (χ0v) is 17.3. The van der Waals surface area contributed by atoms with Gasteiger partial charge in [0.05, 0.1) is 5.56 Å². The van der Waals surface area contributed by atoms with E-state index in [9.17, 15) is 22.8 Å². The number of carbonyl (C=O) groups excluding carboxylic acids is 2. The second-order valence-corrected chi connectivity index (χ2v) is 8.37. The highest BCUT2D eigenvalue weighted by atomic mass is 19.4. The lowest BCUT2D eigenvalue weighted by atomic mass is 9.94. The van der Waals surface area contributed by atoms with Crippen LogP contribution in [0.3, 0.4) is 0 Å². The summed E-state index contributed by atoms with van der Waals surface area (Å²) in [5.41, 5.74) is 2.69. The number of alkyl halides is 3. The highest BCUT2D eigenvalue weighted by molar-refractivity contribution is 5.94. The Labute approximate surface area is 179 Å². The van der Waals surface area contributed by atoms with Crippen molar-refractivity contribution in [2.75, 3.05) is 23.3 Å². The van der Waals surface area contributed by atoms with E-state index in [0.29, 0.717) is 31.6 Å². The van der Waals surface area contributed by atoms with E-state index in [1.54, 1.807) is 13.0 Å². The molecule has 2 aromatic rings. The van der Waals surface area contributed by atoms with Crippen molar-refractivity contribution in [3.05, 3.63) is 59.2 Å². The van der Waals surface area contributed by atoms with Gasteiger partial charge in [-0.1, -0.05) is 18.2 Å². The van der Waals surface area contributed by atoms with Gasteiger partial charge in [-0.05, 0) is 68.0 Å². The second-order valence-electron chi connectivity index (χ2n) is 8.37. The van der Waals surface area contributed by atoms with Crippen LogP contribution in [0.4, 0.5) is 24.5 Å². The van der Waals surface area contributed by atoms with E-state index < -0.39 is 11.7 Å². The number of carbonyl (C=O) groups is 2. The number of hydrogen-bond acceptors (Lipinski definition) is 3. The van der Waals surface area contributed by atoms with Gasteiger partial charge in [-0.15, -0.1) is 0 Å². The number of fused-ring (bicyclic) bond motifs is 1. The molecule has 164 valence electrons. The molecule has 31 heavy (non-hydrogen) atoms. The van der Waals surface area contributed by atoms with E-state index in [-0.39, 0.29) is 23.5 Å². The average Bonchev–Trinajstić information content (AvgIpc) is 3.19. The maximum atomic E-state index is 13.0. The molecule has 1 unspecified atom stereocenters. The Balaban J connectivity index is 1.40. The number of amides is 1. The number of halogens is 3. The van der Waals surface area contributed by atoms with E-state index in [2.05, 4.69) is 5.32 Å². The van der Waals surface area contributed by atoms with Crippen molar-refractivity contribution in [2.24, 2.45) is 5.92 Å². The fraction of sp³-hybridized carbons (Fsp3) is 0.417. The van der Waals surface area contributed by atoms with Crippen LogP contribution in [0.15, 0.2) is 42.5 Å². The van der Waals surface area contributed by atoms with Gasteiger partial charge >= 0.3 is 6.18 Å². The van der Waals surface area contributed by atoms with E-state index in [4.69, 9.17) is 0 Å². The van der Waals surface area contributed by atoms with Gasteiger partial charge in [0.25, 0.3) is 0 Å². The predicted molar refractivity (Wildman–Crippen MR) is 113 cm³/mol. The molecule has 2 aromatic carbocycles. The summed E-state index contributed by atoms with van der Waals surface area (Å²) in [6, 6.07) is 11.0. The molecule has 7 heteroatoms. The summed E-state index contributed by atoms with van der Waals surface area (Å²) in [5, 5.41) is 3.04. The van der Waals surface area contributed by atoms with Crippen LogP contribution in [0, 0.1) is 5.92 Å². The first-order chi connectivity index (χ1) is 14.7. The Morgan fingerprint density at radius 2 is 1.74 bits per heavy atom. The summed E-state index contributed by atoms with van der Waals surface area (Å²) in [7, 11) is 0. The molecule has 1 saturated heterocycles. The Morgan fingerprint density at radius 1 is 1.03 bits per heavy atom. The molecular weight excluding hydrogens is 405 g/mol. The third-order valence-electron chi connectivity index (χ3n) is 6.42. The van der Waals surface area contributed by atoms with E-state index >= 15 is 0 Å². The lowest BCUT2D eigenvalue weighted by Gasteiger charge is -2.33. The van der Waals surface area contributed by atoms with Gasteiger partial charge in [0.1, 0.15) is 5.78 Å². The minimum absolute atomic E-state index is 0.0663. The summed E-state index contributed by atoms with van der Waals surface area (Å²) in [6.45, 7) is 2.65. The summed E-state index contributed by atoms with van der Waals surface area (Å²) in [4.78, 5) is 26.6. The average molecular weight is 430 g/mol. The highest BCUT2D eigenvalue weighted by Gasteiger charge is 2.32. The van der Waals surface area contributed by atoms with Gasteiger partial charge in [-0.3, -0.25) is 9.59 Å². The van der Waals surface area contributed by atoms with Crippen molar-refractivity contribution in [1.29, 1.82) is 0 Å². The molecule has 1 fully saturated rings. The molecule has 2 aliphatic rings. The van der Waals surface area contributed by atoms with Gasteiger partial charge in [-0.2, -0.15) is 13.2 Å². The van der Waals surface area contributed by atoms with Crippen LogP contribution in [-0.2, 0) is 22.2 Å². The SMILES string of the molecule is CC(=O)C1CCc2c(NC(=O)C3CCN(c4cccc(C(F)(F)F)c4)CC3)cccc21. The molecule has 0 radical (unpaired) electrons. The number of hydrogen-bond donors (Lipinski definition) is 1. The number of nitrogens with zero attached hydrogens (tertiary/aromatic N) is 1. The monoisotopic (exact) mass is 430 g/mol. The molecule has 1 aliphatic carbocycles. The number of rotatable bonds is 4.